The van der Waals surface area contributed by atoms with Gasteiger partial charge in [0, 0.05) is 23.5 Å². The van der Waals surface area contributed by atoms with E-state index in [-0.39, 0.29) is 11.6 Å². The highest BCUT2D eigenvalue weighted by Gasteiger charge is 2.35. The largest absolute Gasteiger partial charge is 0.374 e. The summed E-state index contributed by atoms with van der Waals surface area (Å²) in [6.45, 7) is 7.00. The molecule has 0 radical (unpaired) electrons. The van der Waals surface area contributed by atoms with Crippen LogP contribution in [0.4, 0.5) is 0 Å². The first-order valence-corrected chi connectivity index (χ1v) is 7.60. The van der Waals surface area contributed by atoms with Crippen LogP contribution in [-0.4, -0.2) is 23.2 Å². The summed E-state index contributed by atoms with van der Waals surface area (Å²) >= 11 is 3.44. The Morgan fingerprint density at radius 2 is 2.05 bits per heavy atom. The van der Waals surface area contributed by atoms with Gasteiger partial charge in [0.15, 0.2) is 0 Å². The smallest absolute Gasteiger partial charge is 0.0846 e. The molecule has 0 saturated heterocycles. The maximum absolute atomic E-state index is 6.01. The number of hydrogen-bond donors (Lipinski definition) is 2. The van der Waals surface area contributed by atoms with Gasteiger partial charge in [-0.1, -0.05) is 13.8 Å². The summed E-state index contributed by atoms with van der Waals surface area (Å²) in [6.07, 6.45) is 6.30. The third-order valence-corrected chi connectivity index (χ3v) is 4.10. The van der Waals surface area contributed by atoms with Crippen LogP contribution < -0.4 is 11.3 Å². The van der Waals surface area contributed by atoms with Gasteiger partial charge in [0.2, 0.25) is 0 Å². The molecule has 0 aromatic carbocycles. The summed E-state index contributed by atoms with van der Waals surface area (Å²) in [5.74, 6) is 5.76. The first-order chi connectivity index (χ1) is 9.11. The molecule has 5 heteroatoms. The highest BCUT2D eigenvalue weighted by molar-refractivity contribution is 9.10. The molecule has 1 atom stereocenters. The van der Waals surface area contributed by atoms with Crippen LogP contribution in [0.15, 0.2) is 22.9 Å². The molecule has 0 aliphatic rings. The van der Waals surface area contributed by atoms with Gasteiger partial charge in [-0.2, -0.15) is 0 Å². The summed E-state index contributed by atoms with van der Waals surface area (Å²) in [5.41, 5.74) is 3.84. The van der Waals surface area contributed by atoms with E-state index in [1.165, 1.54) is 0 Å². The van der Waals surface area contributed by atoms with Crippen molar-refractivity contribution >= 4 is 15.9 Å². The van der Waals surface area contributed by atoms with Crippen molar-refractivity contribution in [3.8, 4) is 0 Å². The van der Waals surface area contributed by atoms with E-state index in [9.17, 15) is 0 Å². The van der Waals surface area contributed by atoms with E-state index in [0.717, 1.165) is 29.3 Å². The molecule has 0 aliphatic heterocycles. The average Bonchev–Trinajstić information content (AvgIpc) is 2.43. The summed E-state index contributed by atoms with van der Waals surface area (Å²) in [7, 11) is 0. The number of aromatic nitrogens is 1. The minimum Gasteiger partial charge on any atom is -0.374 e. The predicted molar refractivity (Wildman–Crippen MR) is 81.7 cm³/mol. The van der Waals surface area contributed by atoms with Crippen molar-refractivity contribution in [3.63, 3.8) is 0 Å². The Kier molecular flexibility index (Phi) is 6.93. The van der Waals surface area contributed by atoms with Crippen molar-refractivity contribution in [2.24, 2.45) is 5.84 Å². The lowest BCUT2D eigenvalue weighted by Gasteiger charge is -2.39. The second-order valence-corrected chi connectivity index (χ2v) is 5.56. The lowest BCUT2D eigenvalue weighted by Crippen LogP contribution is -2.55. The average molecular weight is 330 g/mol. The monoisotopic (exact) mass is 329 g/mol. The fraction of sp³-hybridized carbons (Fsp3) is 0.643. The highest BCUT2D eigenvalue weighted by atomic mass is 79.9. The van der Waals surface area contributed by atoms with E-state index < -0.39 is 0 Å². The van der Waals surface area contributed by atoms with Crippen molar-refractivity contribution in [1.82, 2.24) is 10.4 Å². The van der Waals surface area contributed by atoms with E-state index in [1.807, 2.05) is 13.1 Å². The number of nitrogens with one attached hydrogen (secondary N) is 1. The van der Waals surface area contributed by atoms with E-state index in [4.69, 9.17) is 10.6 Å². The molecule has 0 bridgehead atoms. The zero-order chi connectivity index (χ0) is 14.3. The van der Waals surface area contributed by atoms with Crippen molar-refractivity contribution in [2.45, 2.75) is 51.7 Å². The Hall–Kier alpha value is -0.490. The number of hydrogen-bond acceptors (Lipinski definition) is 4. The number of nitrogens with two attached hydrogens (primary N) is 1. The Bertz CT molecular complexity index is 383. The van der Waals surface area contributed by atoms with E-state index >= 15 is 0 Å². The number of ether oxygens (including phenoxy) is 1. The molecule has 1 rings (SSSR count). The Morgan fingerprint density at radius 1 is 1.37 bits per heavy atom. The molecule has 1 heterocycles. The SMILES string of the molecule is CCOC(CC)(CC)C(Cc1cncc(Br)c1)NN. The van der Waals surface area contributed by atoms with Crippen LogP contribution in [-0.2, 0) is 11.2 Å². The third-order valence-electron chi connectivity index (χ3n) is 3.67. The maximum Gasteiger partial charge on any atom is 0.0846 e. The molecule has 1 unspecified atom stereocenters. The zero-order valence-corrected chi connectivity index (χ0v) is 13.5. The lowest BCUT2D eigenvalue weighted by molar-refractivity contribution is -0.0719. The number of rotatable bonds is 8. The van der Waals surface area contributed by atoms with Crippen molar-refractivity contribution < 1.29 is 4.74 Å². The minimum atomic E-state index is -0.230. The minimum absolute atomic E-state index is 0.0681. The molecule has 19 heavy (non-hydrogen) atoms. The van der Waals surface area contributed by atoms with Gasteiger partial charge < -0.3 is 4.74 Å². The number of hydrazine groups is 1. The second-order valence-electron chi connectivity index (χ2n) is 4.64. The fourth-order valence-electron chi connectivity index (χ4n) is 2.53. The van der Waals surface area contributed by atoms with Crippen LogP contribution in [0.3, 0.4) is 0 Å². The second kappa shape index (κ2) is 7.94. The summed E-state index contributed by atoms with van der Waals surface area (Å²) < 4.78 is 6.99. The van der Waals surface area contributed by atoms with Crippen molar-refractivity contribution in [3.05, 3.63) is 28.5 Å². The topological polar surface area (TPSA) is 60.2 Å². The van der Waals surface area contributed by atoms with Gasteiger partial charge in [-0.3, -0.25) is 16.3 Å². The van der Waals surface area contributed by atoms with Crippen molar-refractivity contribution in [2.75, 3.05) is 6.61 Å². The molecule has 108 valence electrons. The number of nitrogens with zero attached hydrogens (tertiary/aromatic N) is 1. The molecule has 1 aromatic heterocycles. The van der Waals surface area contributed by atoms with E-state index in [1.54, 1.807) is 6.20 Å². The van der Waals surface area contributed by atoms with E-state index in [2.05, 4.69) is 46.3 Å². The molecule has 0 aliphatic carbocycles. The first kappa shape index (κ1) is 16.6. The fourth-order valence-corrected chi connectivity index (χ4v) is 2.95. The normalized spacial score (nSPS) is 13.5. The molecule has 3 N–H and O–H groups in total. The van der Waals surface area contributed by atoms with Gasteiger partial charge >= 0.3 is 0 Å². The van der Waals surface area contributed by atoms with Crippen molar-refractivity contribution in [1.29, 1.82) is 0 Å². The first-order valence-electron chi connectivity index (χ1n) is 6.81. The Morgan fingerprint density at radius 3 is 2.53 bits per heavy atom. The van der Waals surface area contributed by atoms with Crippen LogP contribution in [0.1, 0.15) is 39.2 Å². The van der Waals surface area contributed by atoms with Gasteiger partial charge in [-0.25, -0.2) is 0 Å². The summed E-state index contributed by atoms with van der Waals surface area (Å²) in [4.78, 5) is 4.19. The molecule has 0 fully saturated rings. The van der Waals surface area contributed by atoms with Gasteiger partial charge in [-0.15, -0.1) is 0 Å². The van der Waals surface area contributed by atoms with Crippen LogP contribution in [0, 0.1) is 0 Å². The third kappa shape index (κ3) is 4.24. The zero-order valence-electron chi connectivity index (χ0n) is 11.9. The maximum atomic E-state index is 6.01. The molecule has 0 amide bonds. The Labute approximate surface area is 124 Å². The quantitative estimate of drug-likeness (QED) is 0.568. The standard InChI is InChI=1S/C14H24BrN3O/c1-4-14(5-2,19-6-3)13(18-16)8-11-7-12(15)10-17-9-11/h7,9-10,13,18H,4-6,8,16H2,1-3H3. The Balaban J connectivity index is 2.91. The summed E-state index contributed by atoms with van der Waals surface area (Å²) in [5, 5.41) is 0. The molecule has 4 nitrogen and oxygen atoms in total. The molecule has 0 spiro atoms. The van der Waals surface area contributed by atoms with Crippen LogP contribution in [0.25, 0.3) is 0 Å². The van der Waals surface area contributed by atoms with Gasteiger partial charge in [0.05, 0.1) is 11.6 Å². The van der Waals surface area contributed by atoms with Crippen LogP contribution >= 0.6 is 15.9 Å². The van der Waals surface area contributed by atoms with Gasteiger partial charge in [0.25, 0.3) is 0 Å². The van der Waals surface area contributed by atoms with Crippen LogP contribution in [0.5, 0.6) is 0 Å². The van der Waals surface area contributed by atoms with Gasteiger partial charge in [-0.05, 0) is 53.7 Å². The predicted octanol–water partition coefficient (Wildman–Crippen LogP) is 2.81. The molecule has 0 saturated carbocycles. The van der Waals surface area contributed by atoms with Crippen LogP contribution in [0.2, 0.25) is 0 Å². The molecule has 1 aromatic rings. The number of pyridine rings is 1. The highest BCUT2D eigenvalue weighted by Crippen LogP contribution is 2.27. The summed E-state index contributed by atoms with van der Waals surface area (Å²) in [6, 6.07) is 2.14. The molecular formula is C14H24BrN3O. The van der Waals surface area contributed by atoms with Gasteiger partial charge in [0.1, 0.15) is 0 Å². The van der Waals surface area contributed by atoms with E-state index in [0.29, 0.717) is 6.61 Å². The molecular weight excluding hydrogens is 306 g/mol. The lowest BCUT2D eigenvalue weighted by atomic mass is 9.85. The number of halogens is 1.